The summed E-state index contributed by atoms with van der Waals surface area (Å²) in [5, 5.41) is 3.10. The van der Waals surface area contributed by atoms with Gasteiger partial charge in [-0.15, -0.1) is 6.42 Å². The molecule has 4 heteroatoms. The fourth-order valence-electron chi connectivity index (χ4n) is 1.55. The van der Waals surface area contributed by atoms with E-state index in [-0.39, 0.29) is 17.8 Å². The predicted octanol–water partition coefficient (Wildman–Crippen LogP) is 2.96. The first-order valence-electron chi connectivity index (χ1n) is 5.30. The van der Waals surface area contributed by atoms with Crippen LogP contribution in [0.3, 0.4) is 0 Å². The number of para-hydroxylation sites is 1. The lowest BCUT2D eigenvalue weighted by Crippen LogP contribution is -2.27. The van der Waals surface area contributed by atoms with E-state index in [1.165, 1.54) is 6.07 Å². The Labute approximate surface area is 100.0 Å². The summed E-state index contributed by atoms with van der Waals surface area (Å²) in [5.74, 6) is 2.70. The van der Waals surface area contributed by atoms with E-state index in [0.29, 0.717) is 5.56 Å². The van der Waals surface area contributed by atoms with Gasteiger partial charge in [0.05, 0.1) is 6.04 Å². The van der Waals surface area contributed by atoms with Gasteiger partial charge in [0.15, 0.2) is 0 Å². The molecular weight excluding hydrogens is 224 g/mol. The van der Waals surface area contributed by atoms with Gasteiger partial charge in [-0.25, -0.2) is 0 Å². The van der Waals surface area contributed by atoms with Gasteiger partial charge >= 0.3 is 6.61 Å². The Bertz CT molecular complexity index is 401. The molecule has 0 aliphatic heterocycles. The third-order valence-corrected chi connectivity index (χ3v) is 2.35. The van der Waals surface area contributed by atoms with Crippen LogP contribution < -0.4 is 10.1 Å². The highest BCUT2D eigenvalue weighted by molar-refractivity contribution is 5.35. The lowest BCUT2D eigenvalue weighted by Gasteiger charge is -2.19. The molecule has 1 N–H and O–H groups in total. The van der Waals surface area contributed by atoms with Crippen molar-refractivity contribution in [2.24, 2.45) is 0 Å². The van der Waals surface area contributed by atoms with Crippen molar-refractivity contribution in [1.29, 1.82) is 0 Å². The minimum atomic E-state index is -2.83. The number of nitrogens with one attached hydrogen (secondary N) is 1. The normalized spacial score (nSPS) is 14.1. The molecule has 1 aromatic rings. The van der Waals surface area contributed by atoms with E-state index in [1.54, 1.807) is 18.2 Å². The first-order valence-corrected chi connectivity index (χ1v) is 5.30. The van der Waals surface area contributed by atoms with Gasteiger partial charge in [0.2, 0.25) is 0 Å². The molecule has 92 valence electrons. The van der Waals surface area contributed by atoms with Crippen molar-refractivity contribution in [3.63, 3.8) is 0 Å². The molecule has 0 aromatic heterocycles. The van der Waals surface area contributed by atoms with Crippen LogP contribution in [0.15, 0.2) is 24.3 Å². The molecule has 0 aliphatic carbocycles. The van der Waals surface area contributed by atoms with Crippen LogP contribution in [0, 0.1) is 12.3 Å². The fraction of sp³-hybridized carbons (Fsp3) is 0.385. The van der Waals surface area contributed by atoms with E-state index in [1.807, 2.05) is 13.8 Å². The van der Waals surface area contributed by atoms with Gasteiger partial charge in [-0.2, -0.15) is 8.78 Å². The van der Waals surface area contributed by atoms with Crippen molar-refractivity contribution < 1.29 is 13.5 Å². The van der Waals surface area contributed by atoms with E-state index in [0.717, 1.165) is 0 Å². The van der Waals surface area contributed by atoms with Crippen molar-refractivity contribution in [2.45, 2.75) is 32.5 Å². The van der Waals surface area contributed by atoms with Crippen LogP contribution in [0.5, 0.6) is 5.75 Å². The Morgan fingerprint density at radius 1 is 1.29 bits per heavy atom. The lowest BCUT2D eigenvalue weighted by molar-refractivity contribution is -0.0506. The molecule has 0 aliphatic rings. The van der Waals surface area contributed by atoms with E-state index < -0.39 is 6.61 Å². The van der Waals surface area contributed by atoms with E-state index in [2.05, 4.69) is 16.0 Å². The topological polar surface area (TPSA) is 21.3 Å². The third-order valence-electron chi connectivity index (χ3n) is 2.35. The van der Waals surface area contributed by atoms with Gasteiger partial charge < -0.3 is 4.74 Å². The summed E-state index contributed by atoms with van der Waals surface area (Å²) in [6, 6.07) is 6.38. The highest BCUT2D eigenvalue weighted by Gasteiger charge is 2.15. The van der Waals surface area contributed by atoms with Crippen LogP contribution in [0.25, 0.3) is 0 Å². The summed E-state index contributed by atoms with van der Waals surface area (Å²) in [5.41, 5.74) is 0.662. The van der Waals surface area contributed by atoms with Crippen LogP contribution >= 0.6 is 0 Å². The maximum Gasteiger partial charge on any atom is 0.387 e. The maximum atomic E-state index is 12.2. The molecule has 0 saturated heterocycles. The standard InChI is InChI=1S/C13H15F2NO/c1-4-9(2)16-10(3)11-7-5-6-8-12(11)17-13(14)15/h1,5-10,13,16H,2-3H3. The first-order chi connectivity index (χ1) is 8.04. The molecule has 1 aromatic carbocycles. The molecule has 0 spiro atoms. The van der Waals surface area contributed by atoms with Crippen molar-refractivity contribution in [2.75, 3.05) is 0 Å². The molecule has 0 saturated carbocycles. The Hall–Kier alpha value is -1.60. The second-order valence-corrected chi connectivity index (χ2v) is 3.69. The zero-order valence-corrected chi connectivity index (χ0v) is 9.78. The molecule has 17 heavy (non-hydrogen) atoms. The zero-order chi connectivity index (χ0) is 12.8. The number of terminal acetylenes is 1. The molecular formula is C13H15F2NO. The number of hydrogen-bond donors (Lipinski definition) is 1. The quantitative estimate of drug-likeness (QED) is 0.798. The average molecular weight is 239 g/mol. The lowest BCUT2D eigenvalue weighted by atomic mass is 10.1. The second kappa shape index (κ2) is 6.21. The van der Waals surface area contributed by atoms with Gasteiger partial charge in [-0.05, 0) is 19.9 Å². The van der Waals surface area contributed by atoms with Gasteiger partial charge in [0, 0.05) is 11.6 Å². The van der Waals surface area contributed by atoms with Crippen LogP contribution in [0.1, 0.15) is 25.5 Å². The van der Waals surface area contributed by atoms with E-state index in [4.69, 9.17) is 6.42 Å². The van der Waals surface area contributed by atoms with Crippen LogP contribution in [-0.2, 0) is 0 Å². The molecule has 2 atom stereocenters. The van der Waals surface area contributed by atoms with Gasteiger partial charge in [0.25, 0.3) is 0 Å². The monoisotopic (exact) mass is 239 g/mol. The Morgan fingerprint density at radius 2 is 1.94 bits per heavy atom. The Kier molecular flexibility index (Phi) is 4.92. The smallest absolute Gasteiger partial charge is 0.387 e. The number of halogens is 2. The third kappa shape index (κ3) is 4.04. The van der Waals surface area contributed by atoms with Gasteiger partial charge in [-0.3, -0.25) is 5.32 Å². The number of rotatable bonds is 5. The highest BCUT2D eigenvalue weighted by atomic mass is 19.3. The van der Waals surface area contributed by atoms with Crippen LogP contribution in [-0.4, -0.2) is 12.7 Å². The number of alkyl halides is 2. The largest absolute Gasteiger partial charge is 0.434 e. The number of ether oxygens (including phenoxy) is 1. The highest BCUT2D eigenvalue weighted by Crippen LogP contribution is 2.26. The van der Waals surface area contributed by atoms with Crippen molar-refractivity contribution in [3.05, 3.63) is 29.8 Å². The van der Waals surface area contributed by atoms with Gasteiger partial charge in [-0.1, -0.05) is 24.1 Å². The molecule has 2 unspecified atom stereocenters. The minimum absolute atomic E-state index is 0.135. The number of hydrogen-bond acceptors (Lipinski definition) is 2. The summed E-state index contributed by atoms with van der Waals surface area (Å²) < 4.78 is 28.9. The van der Waals surface area contributed by atoms with Crippen molar-refractivity contribution in [1.82, 2.24) is 5.32 Å². The van der Waals surface area contributed by atoms with E-state index in [9.17, 15) is 8.78 Å². The predicted molar refractivity (Wildman–Crippen MR) is 62.9 cm³/mol. The molecule has 2 nitrogen and oxygen atoms in total. The van der Waals surface area contributed by atoms with Crippen LogP contribution in [0.4, 0.5) is 8.78 Å². The summed E-state index contributed by atoms with van der Waals surface area (Å²) in [6.45, 7) is 0.850. The second-order valence-electron chi connectivity index (χ2n) is 3.69. The summed E-state index contributed by atoms with van der Waals surface area (Å²) >= 11 is 0. The summed E-state index contributed by atoms with van der Waals surface area (Å²) in [4.78, 5) is 0. The maximum absolute atomic E-state index is 12.2. The molecule has 0 fully saturated rings. The van der Waals surface area contributed by atoms with Crippen LogP contribution in [0.2, 0.25) is 0 Å². The molecule has 0 radical (unpaired) electrons. The first kappa shape index (κ1) is 13.5. The van der Waals surface area contributed by atoms with Crippen molar-refractivity contribution in [3.8, 4) is 18.1 Å². The fourth-order valence-corrected chi connectivity index (χ4v) is 1.55. The van der Waals surface area contributed by atoms with Crippen molar-refractivity contribution >= 4 is 0 Å². The van der Waals surface area contributed by atoms with E-state index >= 15 is 0 Å². The summed E-state index contributed by atoms with van der Waals surface area (Å²) in [7, 11) is 0. The minimum Gasteiger partial charge on any atom is -0.434 e. The summed E-state index contributed by atoms with van der Waals surface area (Å²) in [6.07, 6.45) is 5.25. The molecule has 0 bridgehead atoms. The molecule has 1 rings (SSSR count). The molecule has 0 amide bonds. The number of benzene rings is 1. The average Bonchev–Trinajstić information content (AvgIpc) is 2.28. The SMILES string of the molecule is C#CC(C)NC(C)c1ccccc1OC(F)F. The molecule has 0 heterocycles. The Balaban J connectivity index is 2.85. The zero-order valence-electron chi connectivity index (χ0n) is 9.78. The Morgan fingerprint density at radius 3 is 2.53 bits per heavy atom. The van der Waals surface area contributed by atoms with Gasteiger partial charge in [0.1, 0.15) is 5.75 Å².